The highest BCUT2D eigenvalue weighted by Crippen LogP contribution is 2.21. The average Bonchev–Trinajstić information content (AvgIpc) is 2.47. The van der Waals surface area contributed by atoms with Gasteiger partial charge in [0.05, 0.1) is 7.11 Å². The molecule has 0 fully saturated rings. The third-order valence-electron chi connectivity index (χ3n) is 2.98. The number of benzene rings is 1. The quantitative estimate of drug-likeness (QED) is 0.875. The van der Waals surface area contributed by atoms with E-state index in [9.17, 15) is 4.79 Å². The highest BCUT2D eigenvalue weighted by atomic mass is 16.5. The summed E-state index contributed by atoms with van der Waals surface area (Å²) in [5.41, 5.74) is 1.83. The number of nitrogens with zero attached hydrogens (tertiary/aromatic N) is 1. The average molecular weight is 272 g/mol. The zero-order valence-electron chi connectivity index (χ0n) is 11.3. The maximum Gasteiger partial charge on any atom is 0.354 e. The second kappa shape index (κ2) is 6.06. The number of carboxylic acids is 1. The van der Waals surface area contributed by atoms with Gasteiger partial charge in [0.2, 0.25) is 0 Å². The summed E-state index contributed by atoms with van der Waals surface area (Å²) in [6, 6.07) is 11.0. The molecule has 0 aliphatic heterocycles. The molecule has 2 rings (SSSR count). The van der Waals surface area contributed by atoms with Crippen molar-refractivity contribution in [2.24, 2.45) is 0 Å². The molecule has 1 aromatic heterocycles. The molecule has 5 heteroatoms. The molecule has 104 valence electrons. The summed E-state index contributed by atoms with van der Waals surface area (Å²) in [5, 5.41) is 12.2. The van der Waals surface area contributed by atoms with Gasteiger partial charge in [0, 0.05) is 17.9 Å². The number of methoxy groups -OCH3 is 1. The first kappa shape index (κ1) is 13.9. The fourth-order valence-electron chi connectivity index (χ4n) is 1.86. The molecule has 1 heterocycles. The van der Waals surface area contributed by atoms with Gasteiger partial charge in [-0.05, 0) is 36.8 Å². The van der Waals surface area contributed by atoms with Crippen molar-refractivity contribution in [2.75, 3.05) is 12.4 Å². The highest BCUT2D eigenvalue weighted by Gasteiger charge is 2.08. The van der Waals surface area contributed by atoms with Gasteiger partial charge in [0.25, 0.3) is 0 Å². The molecule has 20 heavy (non-hydrogen) atoms. The predicted molar refractivity (Wildman–Crippen MR) is 76.2 cm³/mol. The van der Waals surface area contributed by atoms with Crippen LogP contribution in [0.5, 0.6) is 5.75 Å². The van der Waals surface area contributed by atoms with Crippen LogP contribution >= 0.6 is 0 Å². The number of hydrogen-bond donors (Lipinski definition) is 2. The van der Waals surface area contributed by atoms with Gasteiger partial charge < -0.3 is 15.2 Å². The Hall–Kier alpha value is -2.56. The fraction of sp³-hybridized carbons (Fsp3) is 0.200. The molecule has 0 amide bonds. The number of aromatic carboxylic acids is 1. The van der Waals surface area contributed by atoms with Crippen molar-refractivity contribution in [2.45, 2.75) is 13.0 Å². The molecule has 2 aromatic rings. The van der Waals surface area contributed by atoms with Crippen LogP contribution in [0.2, 0.25) is 0 Å². The number of rotatable bonds is 5. The third kappa shape index (κ3) is 3.26. The Morgan fingerprint density at radius 1 is 1.30 bits per heavy atom. The molecule has 0 saturated carbocycles. The van der Waals surface area contributed by atoms with E-state index in [0.29, 0.717) is 0 Å². The molecule has 0 aliphatic rings. The van der Waals surface area contributed by atoms with Crippen LogP contribution in [-0.4, -0.2) is 23.2 Å². The lowest BCUT2D eigenvalue weighted by molar-refractivity contribution is 0.0690. The minimum atomic E-state index is -1.04. The second-order valence-corrected chi connectivity index (χ2v) is 4.37. The van der Waals surface area contributed by atoms with Crippen LogP contribution in [0.1, 0.15) is 29.0 Å². The van der Waals surface area contributed by atoms with Crippen LogP contribution in [0, 0.1) is 0 Å². The van der Waals surface area contributed by atoms with Gasteiger partial charge in [-0.2, -0.15) is 0 Å². The first-order chi connectivity index (χ1) is 9.60. The van der Waals surface area contributed by atoms with Crippen LogP contribution in [0.3, 0.4) is 0 Å². The smallest absolute Gasteiger partial charge is 0.354 e. The number of nitrogens with one attached hydrogen (secondary N) is 1. The topological polar surface area (TPSA) is 71.5 Å². The zero-order valence-corrected chi connectivity index (χ0v) is 11.3. The lowest BCUT2D eigenvalue weighted by Gasteiger charge is -2.16. The summed E-state index contributed by atoms with van der Waals surface area (Å²) in [6.45, 7) is 2.00. The number of aromatic nitrogens is 1. The first-order valence-corrected chi connectivity index (χ1v) is 6.20. The Balaban J connectivity index is 2.12. The maximum absolute atomic E-state index is 10.9. The van der Waals surface area contributed by atoms with Gasteiger partial charge in [-0.15, -0.1) is 0 Å². The number of anilines is 1. The van der Waals surface area contributed by atoms with Crippen LogP contribution in [0.15, 0.2) is 42.6 Å². The van der Waals surface area contributed by atoms with E-state index in [1.807, 2.05) is 31.2 Å². The number of ether oxygens (including phenoxy) is 1. The maximum atomic E-state index is 10.9. The molecule has 0 bridgehead atoms. The molecule has 5 nitrogen and oxygen atoms in total. The SMILES string of the molecule is COc1ccc(C(C)Nc2ccnc(C(=O)O)c2)cc1. The van der Waals surface area contributed by atoms with Gasteiger partial charge in [-0.25, -0.2) is 9.78 Å². The summed E-state index contributed by atoms with van der Waals surface area (Å²) in [6.07, 6.45) is 1.48. The van der Waals surface area contributed by atoms with Crippen molar-refractivity contribution in [1.82, 2.24) is 4.98 Å². The minimum Gasteiger partial charge on any atom is -0.497 e. The number of carboxylic acid groups (broad SMARTS) is 1. The largest absolute Gasteiger partial charge is 0.497 e. The minimum absolute atomic E-state index is 0.0249. The van der Waals surface area contributed by atoms with Crippen LogP contribution in [-0.2, 0) is 0 Å². The van der Waals surface area contributed by atoms with E-state index in [1.54, 1.807) is 13.2 Å². The van der Waals surface area contributed by atoms with E-state index in [1.165, 1.54) is 12.3 Å². The van der Waals surface area contributed by atoms with Crippen molar-refractivity contribution in [3.8, 4) is 5.75 Å². The lowest BCUT2D eigenvalue weighted by Crippen LogP contribution is -2.08. The monoisotopic (exact) mass is 272 g/mol. The van der Waals surface area contributed by atoms with E-state index in [-0.39, 0.29) is 11.7 Å². The molecular weight excluding hydrogens is 256 g/mol. The van der Waals surface area contributed by atoms with Crippen LogP contribution in [0.25, 0.3) is 0 Å². The Bertz CT molecular complexity index is 596. The Kier molecular flexibility index (Phi) is 4.20. The number of pyridine rings is 1. The Labute approximate surface area is 117 Å². The molecule has 2 N–H and O–H groups in total. The van der Waals surface area contributed by atoms with E-state index >= 15 is 0 Å². The predicted octanol–water partition coefficient (Wildman–Crippen LogP) is 2.96. The molecule has 0 saturated heterocycles. The summed E-state index contributed by atoms with van der Waals surface area (Å²) in [5.74, 6) is -0.233. The van der Waals surface area contributed by atoms with Crippen molar-refractivity contribution >= 4 is 11.7 Å². The van der Waals surface area contributed by atoms with Crippen LogP contribution in [0.4, 0.5) is 5.69 Å². The van der Waals surface area contributed by atoms with Gasteiger partial charge >= 0.3 is 5.97 Å². The number of carbonyl (C=O) groups is 1. The van der Waals surface area contributed by atoms with Gasteiger partial charge in [-0.1, -0.05) is 12.1 Å². The van der Waals surface area contributed by atoms with E-state index in [4.69, 9.17) is 9.84 Å². The lowest BCUT2D eigenvalue weighted by atomic mass is 10.1. The van der Waals surface area contributed by atoms with Gasteiger partial charge in [0.1, 0.15) is 11.4 Å². The second-order valence-electron chi connectivity index (χ2n) is 4.37. The van der Waals surface area contributed by atoms with Crippen molar-refractivity contribution in [3.63, 3.8) is 0 Å². The molecule has 1 unspecified atom stereocenters. The van der Waals surface area contributed by atoms with Gasteiger partial charge in [0.15, 0.2) is 0 Å². The number of hydrogen-bond acceptors (Lipinski definition) is 4. The third-order valence-corrected chi connectivity index (χ3v) is 2.98. The molecule has 1 atom stereocenters. The molecule has 0 aliphatic carbocycles. The molecular formula is C15H16N2O3. The molecule has 0 spiro atoms. The normalized spacial score (nSPS) is 11.7. The van der Waals surface area contributed by atoms with E-state index in [2.05, 4.69) is 10.3 Å². The fourth-order valence-corrected chi connectivity index (χ4v) is 1.86. The van der Waals surface area contributed by atoms with Gasteiger partial charge in [-0.3, -0.25) is 0 Å². The summed E-state index contributed by atoms with van der Waals surface area (Å²) < 4.78 is 5.12. The van der Waals surface area contributed by atoms with E-state index < -0.39 is 5.97 Å². The van der Waals surface area contributed by atoms with Crippen molar-refractivity contribution in [1.29, 1.82) is 0 Å². The van der Waals surface area contributed by atoms with Crippen LogP contribution < -0.4 is 10.1 Å². The van der Waals surface area contributed by atoms with Crippen molar-refractivity contribution < 1.29 is 14.6 Å². The molecule has 0 radical (unpaired) electrons. The van der Waals surface area contributed by atoms with E-state index in [0.717, 1.165) is 17.0 Å². The Morgan fingerprint density at radius 3 is 2.60 bits per heavy atom. The summed E-state index contributed by atoms with van der Waals surface area (Å²) >= 11 is 0. The Morgan fingerprint density at radius 2 is 2.00 bits per heavy atom. The summed E-state index contributed by atoms with van der Waals surface area (Å²) in [4.78, 5) is 14.7. The molecule has 1 aromatic carbocycles. The summed E-state index contributed by atoms with van der Waals surface area (Å²) in [7, 11) is 1.63. The highest BCUT2D eigenvalue weighted by molar-refractivity contribution is 5.86. The standard InChI is InChI=1S/C15H16N2O3/c1-10(11-3-5-13(20-2)6-4-11)17-12-7-8-16-14(9-12)15(18)19/h3-10H,1-2H3,(H,16,17)(H,18,19). The zero-order chi connectivity index (χ0) is 14.5. The van der Waals surface area contributed by atoms with Crippen molar-refractivity contribution in [3.05, 3.63) is 53.9 Å². The first-order valence-electron chi connectivity index (χ1n) is 6.20.